The molecule has 1 amide bonds. The Morgan fingerprint density at radius 1 is 1.22 bits per heavy atom. The maximum absolute atomic E-state index is 11.9. The number of amides is 1. The Kier molecular flexibility index (Phi) is 4.80. The Labute approximate surface area is 110 Å². The first-order valence-electron chi connectivity index (χ1n) is 7.11. The highest BCUT2D eigenvalue weighted by molar-refractivity contribution is 5.91. The summed E-state index contributed by atoms with van der Waals surface area (Å²) in [4.78, 5) is 11.9. The van der Waals surface area contributed by atoms with Gasteiger partial charge in [0.05, 0.1) is 0 Å². The number of para-hydroxylation sites is 1. The van der Waals surface area contributed by atoms with Crippen molar-refractivity contribution in [2.45, 2.75) is 51.9 Å². The van der Waals surface area contributed by atoms with E-state index in [1.54, 1.807) is 0 Å². The van der Waals surface area contributed by atoms with Crippen LogP contribution in [0.15, 0.2) is 24.3 Å². The van der Waals surface area contributed by atoms with Crippen molar-refractivity contribution in [2.75, 3.05) is 5.32 Å². The molecule has 2 heteroatoms. The summed E-state index contributed by atoms with van der Waals surface area (Å²) in [5.74, 6) is 0.941. The van der Waals surface area contributed by atoms with Gasteiger partial charge in [0, 0.05) is 12.1 Å². The van der Waals surface area contributed by atoms with Crippen LogP contribution in [0.4, 0.5) is 5.69 Å². The second-order valence-electron chi connectivity index (χ2n) is 5.41. The lowest BCUT2D eigenvalue weighted by Gasteiger charge is -2.21. The first-order valence-corrected chi connectivity index (χ1v) is 7.11. The summed E-state index contributed by atoms with van der Waals surface area (Å²) < 4.78 is 0. The van der Waals surface area contributed by atoms with Gasteiger partial charge in [-0.05, 0) is 30.9 Å². The zero-order chi connectivity index (χ0) is 12.8. The number of hydrogen-bond acceptors (Lipinski definition) is 1. The maximum atomic E-state index is 11.9. The lowest BCUT2D eigenvalue weighted by molar-refractivity contribution is -0.116. The largest absolute Gasteiger partial charge is 0.326 e. The molecule has 1 aliphatic rings. The van der Waals surface area contributed by atoms with Crippen LogP contribution in [0, 0.1) is 12.8 Å². The quantitative estimate of drug-likeness (QED) is 0.842. The van der Waals surface area contributed by atoms with E-state index in [0.717, 1.165) is 23.6 Å². The molecule has 1 aliphatic carbocycles. The average molecular weight is 245 g/mol. The van der Waals surface area contributed by atoms with Crippen LogP contribution >= 0.6 is 0 Å². The fourth-order valence-corrected chi connectivity index (χ4v) is 2.74. The number of anilines is 1. The van der Waals surface area contributed by atoms with Gasteiger partial charge in [0.25, 0.3) is 0 Å². The van der Waals surface area contributed by atoms with E-state index in [-0.39, 0.29) is 5.91 Å². The van der Waals surface area contributed by atoms with E-state index in [1.807, 2.05) is 31.2 Å². The Hall–Kier alpha value is -1.31. The Bertz CT molecular complexity index is 394. The van der Waals surface area contributed by atoms with Crippen molar-refractivity contribution in [3.05, 3.63) is 29.8 Å². The summed E-state index contributed by atoms with van der Waals surface area (Å²) in [6, 6.07) is 7.95. The standard InChI is InChI=1S/C16H23NO/c1-13-7-5-6-10-15(13)17-16(18)12-11-14-8-3-2-4-9-14/h5-7,10,14H,2-4,8-9,11-12H2,1H3,(H,17,18). The summed E-state index contributed by atoms with van der Waals surface area (Å²) >= 11 is 0. The molecule has 1 fully saturated rings. The van der Waals surface area contributed by atoms with Crippen molar-refractivity contribution in [3.63, 3.8) is 0 Å². The lowest BCUT2D eigenvalue weighted by atomic mass is 9.86. The fourth-order valence-electron chi connectivity index (χ4n) is 2.74. The predicted molar refractivity (Wildman–Crippen MR) is 75.6 cm³/mol. The molecule has 98 valence electrons. The van der Waals surface area contributed by atoms with Gasteiger partial charge in [0.1, 0.15) is 0 Å². The third-order valence-electron chi connectivity index (χ3n) is 3.92. The maximum Gasteiger partial charge on any atom is 0.224 e. The van der Waals surface area contributed by atoms with Crippen LogP contribution in [-0.2, 0) is 4.79 Å². The molecule has 0 saturated heterocycles. The van der Waals surface area contributed by atoms with E-state index >= 15 is 0 Å². The van der Waals surface area contributed by atoms with Crippen LogP contribution in [0.25, 0.3) is 0 Å². The number of rotatable bonds is 4. The smallest absolute Gasteiger partial charge is 0.224 e. The van der Waals surface area contributed by atoms with Gasteiger partial charge in [-0.2, -0.15) is 0 Å². The summed E-state index contributed by atoms with van der Waals surface area (Å²) in [5, 5.41) is 3.01. The molecule has 18 heavy (non-hydrogen) atoms. The predicted octanol–water partition coefficient (Wildman–Crippen LogP) is 4.29. The summed E-state index contributed by atoms with van der Waals surface area (Å²) in [7, 11) is 0. The van der Waals surface area contributed by atoms with Gasteiger partial charge >= 0.3 is 0 Å². The Morgan fingerprint density at radius 3 is 2.67 bits per heavy atom. The number of nitrogens with one attached hydrogen (secondary N) is 1. The molecule has 0 bridgehead atoms. The Balaban J connectivity index is 1.76. The van der Waals surface area contributed by atoms with Gasteiger partial charge in [-0.15, -0.1) is 0 Å². The number of hydrogen-bond donors (Lipinski definition) is 1. The van der Waals surface area contributed by atoms with Crippen molar-refractivity contribution in [1.82, 2.24) is 0 Å². The summed E-state index contributed by atoms with van der Waals surface area (Å²) in [6.45, 7) is 2.02. The van der Waals surface area contributed by atoms with Crippen LogP contribution < -0.4 is 5.32 Å². The summed E-state index contributed by atoms with van der Waals surface area (Å²) in [6.07, 6.45) is 8.44. The number of benzene rings is 1. The van der Waals surface area contributed by atoms with Crippen molar-refractivity contribution < 1.29 is 4.79 Å². The molecule has 0 atom stereocenters. The first kappa shape index (κ1) is 13.1. The van der Waals surface area contributed by atoms with Crippen LogP contribution in [0.5, 0.6) is 0 Å². The molecule has 0 heterocycles. The first-order chi connectivity index (χ1) is 8.75. The molecule has 1 saturated carbocycles. The highest BCUT2D eigenvalue weighted by Crippen LogP contribution is 2.27. The van der Waals surface area contributed by atoms with Gasteiger partial charge in [-0.25, -0.2) is 0 Å². The fraction of sp³-hybridized carbons (Fsp3) is 0.562. The zero-order valence-electron chi connectivity index (χ0n) is 11.2. The van der Waals surface area contributed by atoms with Gasteiger partial charge < -0.3 is 5.32 Å². The number of carbonyl (C=O) groups excluding carboxylic acids is 1. The molecule has 0 spiro atoms. The second kappa shape index (κ2) is 6.58. The van der Waals surface area contributed by atoms with Crippen LogP contribution in [-0.4, -0.2) is 5.91 Å². The molecule has 2 rings (SSSR count). The third kappa shape index (κ3) is 3.86. The Morgan fingerprint density at radius 2 is 1.94 bits per heavy atom. The average Bonchev–Trinajstić information content (AvgIpc) is 2.40. The van der Waals surface area contributed by atoms with Crippen LogP contribution in [0.3, 0.4) is 0 Å². The molecule has 0 aliphatic heterocycles. The minimum atomic E-state index is 0.162. The zero-order valence-corrected chi connectivity index (χ0v) is 11.2. The highest BCUT2D eigenvalue weighted by Gasteiger charge is 2.14. The molecule has 1 N–H and O–H groups in total. The molecule has 0 aromatic heterocycles. The van der Waals surface area contributed by atoms with E-state index < -0.39 is 0 Å². The molecule has 1 aromatic carbocycles. The minimum Gasteiger partial charge on any atom is -0.326 e. The monoisotopic (exact) mass is 245 g/mol. The van der Waals surface area contributed by atoms with Gasteiger partial charge in [0.15, 0.2) is 0 Å². The van der Waals surface area contributed by atoms with Crippen molar-refractivity contribution in [1.29, 1.82) is 0 Å². The normalized spacial score (nSPS) is 16.5. The second-order valence-corrected chi connectivity index (χ2v) is 5.41. The van der Waals surface area contributed by atoms with Gasteiger partial charge in [-0.3, -0.25) is 4.79 Å². The topological polar surface area (TPSA) is 29.1 Å². The summed E-state index contributed by atoms with van der Waals surface area (Å²) in [5.41, 5.74) is 2.08. The lowest BCUT2D eigenvalue weighted by Crippen LogP contribution is -2.15. The van der Waals surface area contributed by atoms with E-state index in [2.05, 4.69) is 5.32 Å². The molecule has 0 unspecified atom stereocenters. The van der Waals surface area contributed by atoms with Gasteiger partial charge in [-0.1, -0.05) is 50.3 Å². The number of aryl methyl sites for hydroxylation is 1. The molecule has 0 radical (unpaired) electrons. The van der Waals surface area contributed by atoms with Crippen molar-refractivity contribution in [3.8, 4) is 0 Å². The molecule has 2 nitrogen and oxygen atoms in total. The highest BCUT2D eigenvalue weighted by atomic mass is 16.1. The number of carbonyl (C=O) groups is 1. The van der Waals surface area contributed by atoms with E-state index in [1.165, 1.54) is 32.1 Å². The minimum absolute atomic E-state index is 0.162. The molecular formula is C16H23NO. The molecular weight excluding hydrogens is 222 g/mol. The van der Waals surface area contributed by atoms with Crippen molar-refractivity contribution in [2.24, 2.45) is 5.92 Å². The van der Waals surface area contributed by atoms with E-state index in [4.69, 9.17) is 0 Å². The van der Waals surface area contributed by atoms with E-state index in [9.17, 15) is 4.79 Å². The van der Waals surface area contributed by atoms with E-state index in [0.29, 0.717) is 6.42 Å². The molecule has 1 aromatic rings. The van der Waals surface area contributed by atoms with Crippen LogP contribution in [0.2, 0.25) is 0 Å². The SMILES string of the molecule is Cc1ccccc1NC(=O)CCC1CCCCC1. The van der Waals surface area contributed by atoms with Crippen molar-refractivity contribution >= 4 is 11.6 Å². The van der Waals surface area contributed by atoms with Crippen LogP contribution in [0.1, 0.15) is 50.5 Å². The van der Waals surface area contributed by atoms with Gasteiger partial charge in [0.2, 0.25) is 5.91 Å². The third-order valence-corrected chi connectivity index (χ3v) is 3.92.